The number of hydrogen-bond donors (Lipinski definition) is 2. The van der Waals surface area contributed by atoms with Gasteiger partial charge in [0, 0.05) is 23.0 Å². The minimum Gasteiger partial charge on any atom is -0.487 e. The lowest BCUT2D eigenvalue weighted by molar-refractivity contribution is 0.184. The van der Waals surface area contributed by atoms with Crippen LogP contribution in [0.5, 0.6) is 17.2 Å². The van der Waals surface area contributed by atoms with Crippen LogP contribution in [0.2, 0.25) is 0 Å². The van der Waals surface area contributed by atoms with Gasteiger partial charge in [0.1, 0.15) is 17.6 Å². The highest BCUT2D eigenvalue weighted by molar-refractivity contribution is 5.54. The van der Waals surface area contributed by atoms with Gasteiger partial charge in [-0.25, -0.2) is 0 Å². The SMILES string of the molecule is Cc1c(N)cncc1Oc1ccc2c(c1)C1CCC2C1Oc1cncc(N)c1C. The Morgan fingerprint density at radius 1 is 0.828 bits per heavy atom. The molecule has 3 unspecified atom stereocenters. The molecule has 2 aliphatic rings. The van der Waals surface area contributed by atoms with Gasteiger partial charge >= 0.3 is 0 Å². The van der Waals surface area contributed by atoms with E-state index in [9.17, 15) is 0 Å². The van der Waals surface area contributed by atoms with Gasteiger partial charge < -0.3 is 20.9 Å². The van der Waals surface area contributed by atoms with Crippen LogP contribution in [-0.2, 0) is 0 Å². The van der Waals surface area contributed by atoms with Crippen LogP contribution < -0.4 is 20.9 Å². The molecule has 2 aliphatic carbocycles. The van der Waals surface area contributed by atoms with Gasteiger partial charge in [0.15, 0.2) is 5.75 Å². The van der Waals surface area contributed by atoms with Crippen molar-refractivity contribution in [3.05, 3.63) is 65.2 Å². The summed E-state index contributed by atoms with van der Waals surface area (Å²) in [5.74, 6) is 2.99. The predicted molar refractivity (Wildman–Crippen MR) is 112 cm³/mol. The molecule has 0 amide bonds. The number of anilines is 2. The van der Waals surface area contributed by atoms with E-state index in [0.29, 0.717) is 29.0 Å². The standard InChI is InChI=1S/C23H24N4O2/c1-12-19(24)8-26-10-21(12)28-14-3-4-15-16-5-6-17(18(15)7-14)23(16)29-22-11-27-9-20(25)13(22)2/h3-4,7-11,16-17,23H,5-6,24-25H2,1-2H3. The maximum atomic E-state index is 6.44. The van der Waals surface area contributed by atoms with Gasteiger partial charge in [-0.3, -0.25) is 9.97 Å². The first-order valence-electron chi connectivity index (χ1n) is 9.91. The molecule has 1 fully saturated rings. The van der Waals surface area contributed by atoms with Crippen LogP contribution in [0.15, 0.2) is 43.0 Å². The lowest BCUT2D eigenvalue weighted by Crippen LogP contribution is -2.20. The third-order valence-corrected chi connectivity index (χ3v) is 6.35. The maximum absolute atomic E-state index is 6.44. The van der Waals surface area contributed by atoms with Crippen molar-refractivity contribution in [1.29, 1.82) is 0 Å². The Hall–Kier alpha value is -3.28. The number of nitrogen functional groups attached to an aromatic ring is 2. The molecule has 4 N–H and O–H groups in total. The van der Waals surface area contributed by atoms with E-state index in [2.05, 4.69) is 22.1 Å². The number of ether oxygens (including phenoxy) is 2. The molecule has 2 aromatic heterocycles. The summed E-state index contributed by atoms with van der Waals surface area (Å²) in [6.45, 7) is 3.91. The average Bonchev–Trinajstić information content (AvgIpc) is 3.24. The molecule has 2 bridgehead atoms. The summed E-state index contributed by atoms with van der Waals surface area (Å²) in [5, 5.41) is 0. The van der Waals surface area contributed by atoms with Crippen LogP contribution in [0, 0.1) is 13.8 Å². The van der Waals surface area contributed by atoms with Crippen LogP contribution in [0.25, 0.3) is 0 Å². The quantitative estimate of drug-likeness (QED) is 0.684. The van der Waals surface area contributed by atoms with E-state index < -0.39 is 0 Å². The normalized spacial score (nSPS) is 21.8. The van der Waals surface area contributed by atoms with Crippen molar-refractivity contribution in [1.82, 2.24) is 9.97 Å². The minimum atomic E-state index is 0.110. The number of nitrogens with zero attached hydrogens (tertiary/aromatic N) is 2. The number of fused-ring (bicyclic) bond motifs is 5. The molecule has 29 heavy (non-hydrogen) atoms. The molecule has 5 rings (SSSR count). The summed E-state index contributed by atoms with van der Waals surface area (Å²) >= 11 is 0. The minimum absolute atomic E-state index is 0.110. The Kier molecular flexibility index (Phi) is 4.08. The summed E-state index contributed by atoms with van der Waals surface area (Å²) in [6, 6.07) is 6.33. The zero-order valence-electron chi connectivity index (χ0n) is 16.6. The van der Waals surface area contributed by atoms with Crippen molar-refractivity contribution >= 4 is 11.4 Å². The summed E-state index contributed by atoms with van der Waals surface area (Å²) in [4.78, 5) is 8.34. The van der Waals surface area contributed by atoms with Gasteiger partial charge in [0.25, 0.3) is 0 Å². The summed E-state index contributed by atoms with van der Waals surface area (Å²) in [7, 11) is 0. The first-order chi connectivity index (χ1) is 14.0. The van der Waals surface area contributed by atoms with Crippen molar-refractivity contribution in [3.8, 4) is 17.2 Å². The van der Waals surface area contributed by atoms with E-state index in [-0.39, 0.29) is 6.10 Å². The topological polar surface area (TPSA) is 96.3 Å². The lowest BCUT2D eigenvalue weighted by Gasteiger charge is -2.20. The molecule has 148 valence electrons. The molecule has 0 aliphatic heterocycles. The Labute approximate surface area is 169 Å². The second-order valence-electron chi connectivity index (χ2n) is 7.97. The second kappa shape index (κ2) is 6.65. The smallest absolute Gasteiger partial charge is 0.150 e. The van der Waals surface area contributed by atoms with E-state index in [4.69, 9.17) is 20.9 Å². The average molecular weight is 388 g/mol. The highest BCUT2D eigenvalue weighted by Gasteiger charge is 2.47. The van der Waals surface area contributed by atoms with Crippen molar-refractivity contribution in [3.63, 3.8) is 0 Å². The number of rotatable bonds is 4. The molecule has 0 saturated heterocycles. The fourth-order valence-electron chi connectivity index (χ4n) is 4.61. The molecule has 6 heteroatoms. The van der Waals surface area contributed by atoms with Gasteiger partial charge in [-0.1, -0.05) is 6.07 Å². The summed E-state index contributed by atoms with van der Waals surface area (Å²) < 4.78 is 12.5. The van der Waals surface area contributed by atoms with Crippen LogP contribution in [-0.4, -0.2) is 16.1 Å². The Balaban J connectivity index is 1.42. The fraction of sp³-hybridized carbons (Fsp3) is 0.304. The molecule has 2 heterocycles. The lowest BCUT2D eigenvalue weighted by atomic mass is 9.92. The maximum Gasteiger partial charge on any atom is 0.150 e. The second-order valence-corrected chi connectivity index (χ2v) is 7.97. The van der Waals surface area contributed by atoms with Crippen molar-refractivity contribution in [2.45, 2.75) is 44.6 Å². The van der Waals surface area contributed by atoms with Crippen LogP contribution >= 0.6 is 0 Å². The molecular weight excluding hydrogens is 364 g/mol. The largest absolute Gasteiger partial charge is 0.487 e. The Morgan fingerprint density at radius 2 is 1.45 bits per heavy atom. The fourth-order valence-corrected chi connectivity index (χ4v) is 4.61. The van der Waals surface area contributed by atoms with Crippen molar-refractivity contribution in [2.75, 3.05) is 11.5 Å². The molecule has 6 nitrogen and oxygen atoms in total. The predicted octanol–water partition coefficient (Wildman–Crippen LogP) is 4.47. The third kappa shape index (κ3) is 2.87. The van der Waals surface area contributed by atoms with E-state index in [1.54, 1.807) is 24.8 Å². The summed E-state index contributed by atoms with van der Waals surface area (Å²) in [5.41, 5.74) is 17.8. The van der Waals surface area contributed by atoms with Crippen LogP contribution in [0.3, 0.4) is 0 Å². The molecule has 1 aromatic carbocycles. The molecule has 1 saturated carbocycles. The first-order valence-corrected chi connectivity index (χ1v) is 9.91. The van der Waals surface area contributed by atoms with E-state index >= 15 is 0 Å². The van der Waals surface area contributed by atoms with E-state index in [1.165, 1.54) is 11.1 Å². The number of aromatic nitrogens is 2. The van der Waals surface area contributed by atoms with Crippen molar-refractivity contribution < 1.29 is 9.47 Å². The van der Waals surface area contributed by atoms with Crippen LogP contribution in [0.4, 0.5) is 11.4 Å². The Bertz CT molecular complexity index is 1100. The first kappa shape index (κ1) is 17.8. The van der Waals surface area contributed by atoms with Gasteiger partial charge in [0.2, 0.25) is 0 Å². The van der Waals surface area contributed by atoms with Crippen molar-refractivity contribution in [2.24, 2.45) is 0 Å². The Morgan fingerprint density at radius 3 is 2.17 bits per heavy atom. The number of benzene rings is 1. The third-order valence-electron chi connectivity index (χ3n) is 6.35. The molecule has 3 atom stereocenters. The molecule has 0 radical (unpaired) electrons. The number of nitrogens with two attached hydrogens (primary N) is 2. The number of hydrogen-bond acceptors (Lipinski definition) is 6. The summed E-state index contributed by atoms with van der Waals surface area (Å²) in [6.07, 6.45) is 9.12. The van der Waals surface area contributed by atoms with Crippen LogP contribution in [0.1, 0.15) is 46.9 Å². The van der Waals surface area contributed by atoms with Gasteiger partial charge in [-0.15, -0.1) is 0 Å². The highest BCUT2D eigenvalue weighted by atomic mass is 16.5. The number of pyridine rings is 2. The monoisotopic (exact) mass is 388 g/mol. The molecule has 3 aromatic rings. The van der Waals surface area contributed by atoms with Gasteiger partial charge in [-0.05, 0) is 49.9 Å². The van der Waals surface area contributed by atoms with E-state index in [1.807, 2.05) is 19.9 Å². The zero-order chi connectivity index (χ0) is 20.1. The highest BCUT2D eigenvalue weighted by Crippen LogP contribution is 2.55. The molecule has 0 spiro atoms. The zero-order valence-corrected chi connectivity index (χ0v) is 16.6. The molecular formula is C23H24N4O2. The van der Waals surface area contributed by atoms with Gasteiger partial charge in [-0.2, -0.15) is 0 Å². The van der Waals surface area contributed by atoms with E-state index in [0.717, 1.165) is 35.5 Å². The van der Waals surface area contributed by atoms with Gasteiger partial charge in [0.05, 0.1) is 36.2 Å².